The van der Waals surface area contributed by atoms with Gasteiger partial charge in [0.2, 0.25) is 5.91 Å². The zero-order valence-electron chi connectivity index (χ0n) is 15.7. The molecule has 2 aromatic carbocycles. The van der Waals surface area contributed by atoms with Crippen LogP contribution in [0.5, 0.6) is 0 Å². The zero-order chi connectivity index (χ0) is 20.6. The van der Waals surface area contributed by atoms with Crippen LogP contribution in [0.2, 0.25) is 0 Å². The van der Waals surface area contributed by atoms with Crippen molar-refractivity contribution in [2.75, 3.05) is 25.2 Å². The lowest BCUT2D eigenvalue weighted by molar-refractivity contribution is -0.122. The quantitative estimate of drug-likeness (QED) is 0.695. The van der Waals surface area contributed by atoms with Gasteiger partial charge in [0.05, 0.1) is 18.6 Å². The van der Waals surface area contributed by atoms with Crippen LogP contribution in [-0.2, 0) is 9.53 Å². The van der Waals surface area contributed by atoms with E-state index in [4.69, 9.17) is 4.74 Å². The van der Waals surface area contributed by atoms with E-state index in [9.17, 15) is 18.4 Å². The van der Waals surface area contributed by atoms with Gasteiger partial charge in [-0.2, -0.15) is 0 Å². The van der Waals surface area contributed by atoms with Crippen LogP contribution in [0.4, 0.5) is 19.3 Å². The van der Waals surface area contributed by atoms with Crippen molar-refractivity contribution < 1.29 is 23.1 Å². The Morgan fingerprint density at radius 3 is 2.31 bits per heavy atom. The van der Waals surface area contributed by atoms with E-state index in [1.165, 1.54) is 11.9 Å². The highest BCUT2D eigenvalue weighted by molar-refractivity contribution is 6.16. The van der Waals surface area contributed by atoms with Gasteiger partial charge in [-0.3, -0.25) is 4.79 Å². The molecule has 0 unspecified atom stereocenters. The van der Waals surface area contributed by atoms with Gasteiger partial charge in [0.15, 0.2) is 11.6 Å². The summed E-state index contributed by atoms with van der Waals surface area (Å²) < 4.78 is 34.9. The molecule has 29 heavy (non-hydrogen) atoms. The standard InChI is InChI=1S/C22H18F2N2O3/c1-25-21(28)26(19(27)13-22(25)9-10-29-14-22)20-17(23)11-16(12-18(20)24)8-7-15-5-3-2-4-6-15/h2-6,11-12H,9-10,13-14H2,1H3/t22-/m0/s1. The number of benzene rings is 2. The van der Waals surface area contributed by atoms with E-state index in [0.717, 1.165) is 12.1 Å². The molecule has 5 nitrogen and oxygen atoms in total. The van der Waals surface area contributed by atoms with E-state index in [1.54, 1.807) is 24.3 Å². The molecule has 1 spiro atoms. The van der Waals surface area contributed by atoms with Gasteiger partial charge < -0.3 is 9.64 Å². The smallest absolute Gasteiger partial charge is 0.331 e. The molecule has 2 saturated heterocycles. The Balaban J connectivity index is 1.66. The minimum absolute atomic E-state index is 0.0519. The highest BCUT2D eigenvalue weighted by atomic mass is 19.1. The minimum atomic E-state index is -1.02. The summed E-state index contributed by atoms with van der Waals surface area (Å²) in [6.45, 7) is 0.663. The lowest BCUT2D eigenvalue weighted by Crippen LogP contribution is -2.63. The predicted octanol–water partition coefficient (Wildman–Crippen LogP) is 3.31. The van der Waals surface area contributed by atoms with Gasteiger partial charge in [0.1, 0.15) is 5.69 Å². The summed E-state index contributed by atoms with van der Waals surface area (Å²) in [4.78, 5) is 27.4. The van der Waals surface area contributed by atoms with Crippen molar-refractivity contribution in [2.45, 2.75) is 18.4 Å². The molecule has 1 atom stereocenters. The summed E-state index contributed by atoms with van der Waals surface area (Å²) in [7, 11) is 1.52. The number of urea groups is 1. The molecule has 2 fully saturated rings. The second-order valence-corrected chi connectivity index (χ2v) is 7.18. The number of hydrogen-bond acceptors (Lipinski definition) is 3. The van der Waals surface area contributed by atoms with Crippen LogP contribution >= 0.6 is 0 Å². The zero-order valence-corrected chi connectivity index (χ0v) is 15.7. The SMILES string of the molecule is CN1C(=O)N(c2c(F)cc(C#Cc3ccccc3)cc2F)C(=O)C[C@]12CCOC2. The molecule has 4 rings (SSSR count). The number of carbonyl (C=O) groups excluding carboxylic acids is 2. The number of rotatable bonds is 1. The number of halogens is 2. The maximum absolute atomic E-state index is 14.8. The fraction of sp³-hybridized carbons (Fsp3) is 0.273. The molecule has 148 valence electrons. The molecular formula is C22H18F2N2O3. The summed E-state index contributed by atoms with van der Waals surface area (Å²) in [6.07, 6.45) is 0.456. The van der Waals surface area contributed by atoms with Crippen LogP contribution in [0.3, 0.4) is 0 Å². The normalized spacial score (nSPS) is 21.5. The average molecular weight is 396 g/mol. The maximum atomic E-state index is 14.8. The molecule has 0 N–H and O–H groups in total. The first kappa shape index (κ1) is 19.1. The minimum Gasteiger partial charge on any atom is -0.379 e. The highest BCUT2D eigenvalue weighted by Crippen LogP contribution is 2.37. The van der Waals surface area contributed by atoms with Crippen molar-refractivity contribution in [3.05, 3.63) is 65.2 Å². The molecule has 0 aromatic heterocycles. The van der Waals surface area contributed by atoms with Crippen molar-refractivity contribution in [3.8, 4) is 11.8 Å². The highest BCUT2D eigenvalue weighted by Gasteiger charge is 2.51. The number of anilines is 1. The third-order valence-electron chi connectivity index (χ3n) is 5.37. The van der Waals surface area contributed by atoms with Gasteiger partial charge in [0, 0.05) is 24.8 Å². The lowest BCUT2D eigenvalue weighted by atomic mass is 9.89. The predicted molar refractivity (Wildman–Crippen MR) is 102 cm³/mol. The van der Waals surface area contributed by atoms with Crippen LogP contribution < -0.4 is 4.90 Å². The number of likely N-dealkylation sites (N-methyl/N-ethyl adjacent to an activating group) is 1. The van der Waals surface area contributed by atoms with E-state index in [1.807, 2.05) is 6.07 Å². The molecule has 0 radical (unpaired) electrons. The van der Waals surface area contributed by atoms with Gasteiger partial charge in [-0.1, -0.05) is 30.0 Å². The molecule has 2 aromatic rings. The van der Waals surface area contributed by atoms with Gasteiger partial charge in [-0.05, 0) is 30.7 Å². The lowest BCUT2D eigenvalue weighted by Gasteiger charge is -2.44. The first-order chi connectivity index (χ1) is 13.9. The first-order valence-corrected chi connectivity index (χ1v) is 9.16. The third kappa shape index (κ3) is 3.36. The Morgan fingerprint density at radius 2 is 1.69 bits per heavy atom. The fourth-order valence-corrected chi connectivity index (χ4v) is 3.68. The second kappa shape index (κ2) is 7.30. The second-order valence-electron chi connectivity index (χ2n) is 7.18. The summed E-state index contributed by atoms with van der Waals surface area (Å²) in [6, 6.07) is 10.3. The van der Waals surface area contributed by atoms with Crippen molar-refractivity contribution in [1.82, 2.24) is 4.90 Å². The molecular weight excluding hydrogens is 378 g/mol. The van der Waals surface area contributed by atoms with Crippen molar-refractivity contribution in [1.29, 1.82) is 0 Å². The summed E-state index contributed by atoms with van der Waals surface area (Å²) >= 11 is 0. The molecule has 0 saturated carbocycles. The molecule has 0 bridgehead atoms. The molecule has 3 amide bonds. The monoisotopic (exact) mass is 396 g/mol. The van der Waals surface area contributed by atoms with Crippen LogP contribution in [0.25, 0.3) is 0 Å². The number of amides is 3. The first-order valence-electron chi connectivity index (χ1n) is 9.16. The van der Waals surface area contributed by atoms with E-state index in [2.05, 4.69) is 11.8 Å². The van der Waals surface area contributed by atoms with Crippen LogP contribution in [0, 0.1) is 23.5 Å². The van der Waals surface area contributed by atoms with Crippen LogP contribution in [0.15, 0.2) is 42.5 Å². The Labute approximate surface area is 166 Å². The largest absolute Gasteiger partial charge is 0.379 e. The van der Waals surface area contributed by atoms with Gasteiger partial charge in [-0.15, -0.1) is 0 Å². The summed E-state index contributed by atoms with van der Waals surface area (Å²) in [5.41, 5.74) is -0.618. The van der Waals surface area contributed by atoms with Crippen LogP contribution in [-0.4, -0.2) is 42.6 Å². The Hall–Kier alpha value is -3.24. The van der Waals surface area contributed by atoms with Crippen molar-refractivity contribution in [2.24, 2.45) is 0 Å². The topological polar surface area (TPSA) is 49.9 Å². The third-order valence-corrected chi connectivity index (χ3v) is 5.37. The number of carbonyl (C=O) groups is 2. The van der Waals surface area contributed by atoms with Gasteiger partial charge in [-0.25, -0.2) is 18.5 Å². The fourth-order valence-electron chi connectivity index (χ4n) is 3.68. The molecule has 2 heterocycles. The maximum Gasteiger partial charge on any atom is 0.331 e. The molecule has 2 aliphatic heterocycles. The van der Waals surface area contributed by atoms with E-state index in [0.29, 0.717) is 23.5 Å². The molecule has 7 heteroatoms. The number of nitrogens with zero attached hydrogens (tertiary/aromatic N) is 2. The Kier molecular flexibility index (Phi) is 4.81. The Morgan fingerprint density at radius 1 is 1.03 bits per heavy atom. The van der Waals surface area contributed by atoms with Crippen molar-refractivity contribution >= 4 is 17.6 Å². The Bertz CT molecular complexity index is 1010. The summed E-state index contributed by atoms with van der Waals surface area (Å²) in [5.74, 6) is 2.83. The van der Waals surface area contributed by atoms with E-state index < -0.39 is 34.8 Å². The summed E-state index contributed by atoms with van der Waals surface area (Å²) in [5, 5.41) is 0. The number of hydrogen-bond donors (Lipinski definition) is 0. The average Bonchev–Trinajstić information content (AvgIpc) is 3.17. The van der Waals surface area contributed by atoms with E-state index >= 15 is 0 Å². The number of imide groups is 1. The molecule has 0 aliphatic carbocycles. The van der Waals surface area contributed by atoms with Gasteiger partial charge in [0.25, 0.3) is 0 Å². The molecule has 2 aliphatic rings. The number of ether oxygens (including phenoxy) is 1. The van der Waals surface area contributed by atoms with E-state index in [-0.39, 0.29) is 18.6 Å². The van der Waals surface area contributed by atoms with Gasteiger partial charge >= 0.3 is 6.03 Å². The van der Waals surface area contributed by atoms with Crippen molar-refractivity contribution in [3.63, 3.8) is 0 Å². The van der Waals surface area contributed by atoms with Crippen LogP contribution in [0.1, 0.15) is 24.0 Å².